The molecule has 0 aliphatic rings. The summed E-state index contributed by atoms with van der Waals surface area (Å²) in [7, 11) is 0. The van der Waals surface area contributed by atoms with Crippen LogP contribution < -0.4 is 10.1 Å². The van der Waals surface area contributed by atoms with Crippen LogP contribution >= 0.6 is 0 Å². The monoisotopic (exact) mass is 309 g/mol. The van der Waals surface area contributed by atoms with Gasteiger partial charge in [0.05, 0.1) is 0 Å². The number of rotatable bonds is 4. The van der Waals surface area contributed by atoms with Gasteiger partial charge in [-0.15, -0.1) is 0 Å². The van der Waals surface area contributed by atoms with E-state index in [4.69, 9.17) is 4.74 Å². The lowest BCUT2D eigenvalue weighted by atomic mass is 10.1. The first kappa shape index (κ1) is 15.0. The molecule has 1 amide bonds. The van der Waals surface area contributed by atoms with Crippen LogP contribution in [0.25, 0.3) is 10.8 Å². The summed E-state index contributed by atoms with van der Waals surface area (Å²) in [5.74, 6) is -0.111. The summed E-state index contributed by atoms with van der Waals surface area (Å²) in [5.41, 5.74) is 0.406. The number of anilines is 1. The Kier molecular flexibility index (Phi) is 4.24. The van der Waals surface area contributed by atoms with Crippen molar-refractivity contribution in [3.05, 3.63) is 72.5 Å². The summed E-state index contributed by atoms with van der Waals surface area (Å²) in [4.78, 5) is 12.1. The minimum Gasteiger partial charge on any atom is -0.481 e. The lowest BCUT2D eigenvalue weighted by Gasteiger charge is -2.15. The number of carbonyl (C=O) groups is 1. The van der Waals surface area contributed by atoms with Crippen molar-refractivity contribution in [2.24, 2.45) is 0 Å². The molecule has 0 aliphatic carbocycles. The molecule has 3 nitrogen and oxygen atoms in total. The molecule has 4 heteroatoms. The van der Waals surface area contributed by atoms with Gasteiger partial charge in [-0.05, 0) is 48.0 Å². The van der Waals surface area contributed by atoms with Gasteiger partial charge in [-0.25, -0.2) is 4.39 Å². The predicted molar refractivity (Wildman–Crippen MR) is 89.1 cm³/mol. The van der Waals surface area contributed by atoms with Crippen LogP contribution in [0.3, 0.4) is 0 Å². The molecule has 0 spiro atoms. The molecule has 0 saturated carbocycles. The van der Waals surface area contributed by atoms with Crippen molar-refractivity contribution in [1.82, 2.24) is 0 Å². The van der Waals surface area contributed by atoms with Gasteiger partial charge in [0.2, 0.25) is 0 Å². The van der Waals surface area contributed by atoms with Crippen LogP contribution in [-0.4, -0.2) is 12.0 Å². The Bertz CT molecular complexity index is 847. The SMILES string of the molecule is C[C@H](Oc1ccc2ccccc2c1)C(=O)Nc1cccc(F)c1. The zero-order valence-electron chi connectivity index (χ0n) is 12.6. The second-order valence-electron chi connectivity index (χ2n) is 5.27. The molecule has 0 bridgehead atoms. The van der Waals surface area contributed by atoms with Crippen molar-refractivity contribution >= 4 is 22.4 Å². The molecule has 0 saturated heterocycles. The summed E-state index contributed by atoms with van der Waals surface area (Å²) in [5, 5.41) is 4.79. The van der Waals surface area contributed by atoms with Gasteiger partial charge in [-0.2, -0.15) is 0 Å². The Balaban J connectivity index is 1.69. The highest BCUT2D eigenvalue weighted by Crippen LogP contribution is 2.21. The van der Waals surface area contributed by atoms with Gasteiger partial charge in [-0.3, -0.25) is 4.79 Å². The highest BCUT2D eigenvalue weighted by atomic mass is 19.1. The Morgan fingerprint density at radius 2 is 1.78 bits per heavy atom. The minimum absolute atomic E-state index is 0.330. The van der Waals surface area contributed by atoms with E-state index in [1.807, 2.05) is 42.5 Å². The van der Waals surface area contributed by atoms with Crippen molar-refractivity contribution in [3.8, 4) is 5.75 Å². The number of halogens is 1. The van der Waals surface area contributed by atoms with Crippen LogP contribution in [-0.2, 0) is 4.79 Å². The van der Waals surface area contributed by atoms with E-state index < -0.39 is 11.9 Å². The maximum absolute atomic E-state index is 13.1. The molecule has 0 fully saturated rings. The number of amides is 1. The first-order valence-electron chi connectivity index (χ1n) is 7.34. The normalized spacial score (nSPS) is 11.9. The fourth-order valence-corrected chi connectivity index (χ4v) is 2.31. The Hall–Kier alpha value is -2.88. The number of hydrogen-bond donors (Lipinski definition) is 1. The van der Waals surface area contributed by atoms with Crippen LogP contribution in [0.1, 0.15) is 6.92 Å². The van der Waals surface area contributed by atoms with E-state index in [9.17, 15) is 9.18 Å². The van der Waals surface area contributed by atoms with Gasteiger partial charge in [0.25, 0.3) is 5.91 Å². The predicted octanol–water partition coefficient (Wildman–Crippen LogP) is 4.38. The maximum atomic E-state index is 13.1. The van der Waals surface area contributed by atoms with Gasteiger partial charge < -0.3 is 10.1 Å². The molecule has 116 valence electrons. The number of carbonyl (C=O) groups excluding carboxylic acids is 1. The molecule has 1 N–H and O–H groups in total. The molecule has 0 aromatic heterocycles. The van der Waals surface area contributed by atoms with Gasteiger partial charge in [0.1, 0.15) is 11.6 Å². The molecular weight excluding hydrogens is 293 g/mol. The average Bonchev–Trinajstić information content (AvgIpc) is 2.54. The molecule has 0 aliphatic heterocycles. The van der Waals surface area contributed by atoms with E-state index in [1.54, 1.807) is 19.1 Å². The van der Waals surface area contributed by atoms with Crippen LogP contribution in [0.4, 0.5) is 10.1 Å². The third-order valence-electron chi connectivity index (χ3n) is 3.50. The summed E-state index contributed by atoms with van der Waals surface area (Å²) < 4.78 is 18.8. The number of hydrogen-bond acceptors (Lipinski definition) is 2. The molecule has 0 unspecified atom stereocenters. The zero-order valence-corrected chi connectivity index (χ0v) is 12.6. The fraction of sp³-hybridized carbons (Fsp3) is 0.105. The minimum atomic E-state index is -0.695. The third kappa shape index (κ3) is 3.66. The summed E-state index contributed by atoms with van der Waals surface area (Å²) in [6.45, 7) is 1.66. The molecule has 23 heavy (non-hydrogen) atoms. The number of fused-ring (bicyclic) bond motifs is 1. The topological polar surface area (TPSA) is 38.3 Å². The fourth-order valence-electron chi connectivity index (χ4n) is 2.31. The van der Waals surface area contributed by atoms with Crippen LogP contribution in [0.2, 0.25) is 0 Å². The lowest BCUT2D eigenvalue weighted by Crippen LogP contribution is -2.30. The van der Waals surface area contributed by atoms with Crippen LogP contribution in [0.5, 0.6) is 5.75 Å². The molecule has 3 rings (SSSR count). The Morgan fingerprint density at radius 1 is 1.00 bits per heavy atom. The molecule has 0 radical (unpaired) electrons. The lowest BCUT2D eigenvalue weighted by molar-refractivity contribution is -0.122. The second-order valence-corrected chi connectivity index (χ2v) is 5.27. The quantitative estimate of drug-likeness (QED) is 0.776. The molecule has 3 aromatic rings. The van der Waals surface area contributed by atoms with Crippen LogP contribution in [0, 0.1) is 5.82 Å². The zero-order chi connectivity index (χ0) is 16.2. The van der Waals surface area contributed by atoms with Gasteiger partial charge in [0, 0.05) is 5.69 Å². The average molecular weight is 309 g/mol. The number of nitrogens with one attached hydrogen (secondary N) is 1. The molecule has 3 aromatic carbocycles. The van der Waals surface area contributed by atoms with E-state index in [1.165, 1.54) is 12.1 Å². The number of ether oxygens (including phenoxy) is 1. The van der Waals surface area contributed by atoms with Crippen molar-refractivity contribution < 1.29 is 13.9 Å². The van der Waals surface area contributed by atoms with Crippen molar-refractivity contribution in [1.29, 1.82) is 0 Å². The van der Waals surface area contributed by atoms with E-state index >= 15 is 0 Å². The Morgan fingerprint density at radius 3 is 2.57 bits per heavy atom. The summed E-state index contributed by atoms with van der Waals surface area (Å²) in [6, 6.07) is 19.3. The first-order chi connectivity index (χ1) is 11.1. The van der Waals surface area contributed by atoms with Gasteiger partial charge in [0.15, 0.2) is 6.10 Å². The molecule has 1 atom stereocenters. The summed E-state index contributed by atoms with van der Waals surface area (Å²) >= 11 is 0. The standard InChI is InChI=1S/C19H16FNO2/c1-13(19(22)21-17-8-4-7-16(20)12-17)23-18-10-9-14-5-2-3-6-15(14)11-18/h2-13H,1H3,(H,21,22)/t13-/m0/s1. The van der Waals surface area contributed by atoms with Gasteiger partial charge >= 0.3 is 0 Å². The molecular formula is C19H16FNO2. The smallest absolute Gasteiger partial charge is 0.265 e. The van der Waals surface area contributed by atoms with E-state index in [0.29, 0.717) is 11.4 Å². The largest absolute Gasteiger partial charge is 0.481 e. The summed E-state index contributed by atoms with van der Waals surface area (Å²) in [6.07, 6.45) is -0.695. The van der Waals surface area contributed by atoms with E-state index in [0.717, 1.165) is 10.8 Å². The van der Waals surface area contributed by atoms with Crippen molar-refractivity contribution in [2.75, 3.05) is 5.32 Å². The van der Waals surface area contributed by atoms with Crippen molar-refractivity contribution in [3.63, 3.8) is 0 Å². The van der Waals surface area contributed by atoms with E-state index in [2.05, 4.69) is 5.32 Å². The van der Waals surface area contributed by atoms with Crippen LogP contribution in [0.15, 0.2) is 66.7 Å². The van der Waals surface area contributed by atoms with Crippen molar-refractivity contribution in [2.45, 2.75) is 13.0 Å². The Labute approximate surface area is 133 Å². The second kappa shape index (κ2) is 6.48. The first-order valence-corrected chi connectivity index (χ1v) is 7.34. The maximum Gasteiger partial charge on any atom is 0.265 e. The highest BCUT2D eigenvalue weighted by molar-refractivity contribution is 5.94. The third-order valence-corrected chi connectivity index (χ3v) is 3.50. The van der Waals surface area contributed by atoms with Gasteiger partial charge in [-0.1, -0.05) is 36.4 Å². The highest BCUT2D eigenvalue weighted by Gasteiger charge is 2.15. The van der Waals surface area contributed by atoms with E-state index in [-0.39, 0.29) is 5.91 Å². The molecule has 0 heterocycles. The number of benzene rings is 3.